The minimum Gasteiger partial charge on any atom is -0.376 e. The summed E-state index contributed by atoms with van der Waals surface area (Å²) in [7, 11) is 0. The number of nitrogens with zero attached hydrogens (tertiary/aromatic N) is 2. The molecule has 2 atom stereocenters. The maximum Gasteiger partial charge on any atom is 0.148 e. The maximum atomic E-state index is 5.99. The second-order valence-corrected chi connectivity index (χ2v) is 5.88. The van der Waals surface area contributed by atoms with E-state index in [1.54, 1.807) is 0 Å². The average Bonchev–Trinajstić information content (AvgIpc) is 2.93. The first-order chi connectivity index (χ1) is 11.3. The highest BCUT2D eigenvalue weighted by atomic mass is 16.5. The summed E-state index contributed by atoms with van der Waals surface area (Å²) in [6, 6.07) is 8.71. The van der Waals surface area contributed by atoms with Gasteiger partial charge in [-0.05, 0) is 30.9 Å². The molecule has 1 aliphatic carbocycles. The molecule has 0 aliphatic heterocycles. The van der Waals surface area contributed by atoms with E-state index in [2.05, 4.69) is 55.3 Å². The number of ether oxygens (including phenoxy) is 1. The van der Waals surface area contributed by atoms with E-state index < -0.39 is 0 Å². The van der Waals surface area contributed by atoms with Gasteiger partial charge in [0.25, 0.3) is 0 Å². The summed E-state index contributed by atoms with van der Waals surface area (Å²) >= 11 is 0. The largest absolute Gasteiger partial charge is 0.376 e. The van der Waals surface area contributed by atoms with Gasteiger partial charge in [0, 0.05) is 19.2 Å². The highest BCUT2D eigenvalue weighted by Crippen LogP contribution is 2.36. The highest BCUT2D eigenvalue weighted by Gasteiger charge is 2.33. The predicted molar refractivity (Wildman–Crippen MR) is 92.7 cm³/mol. The summed E-state index contributed by atoms with van der Waals surface area (Å²) in [6.07, 6.45) is 4.74. The second kappa shape index (κ2) is 7.09. The summed E-state index contributed by atoms with van der Waals surface area (Å²) in [4.78, 5) is 9.34. The molecule has 0 saturated heterocycles. The van der Waals surface area contributed by atoms with Gasteiger partial charge < -0.3 is 10.1 Å². The zero-order valence-corrected chi connectivity index (χ0v) is 14.2. The molecular weight excluding hydrogens is 286 g/mol. The van der Waals surface area contributed by atoms with Crippen LogP contribution in [0.15, 0.2) is 30.5 Å². The van der Waals surface area contributed by atoms with Crippen LogP contribution in [0.1, 0.15) is 49.3 Å². The van der Waals surface area contributed by atoms with Gasteiger partial charge >= 0.3 is 0 Å². The molecule has 0 bridgehead atoms. The molecule has 1 aliphatic rings. The molecular formula is C19H25N3O. The van der Waals surface area contributed by atoms with E-state index in [4.69, 9.17) is 9.72 Å². The van der Waals surface area contributed by atoms with Crippen molar-refractivity contribution in [3.05, 3.63) is 53.0 Å². The van der Waals surface area contributed by atoms with Crippen LogP contribution in [0.3, 0.4) is 0 Å². The summed E-state index contributed by atoms with van der Waals surface area (Å²) in [5.41, 5.74) is 4.71. The van der Waals surface area contributed by atoms with Crippen molar-refractivity contribution in [2.45, 2.75) is 52.2 Å². The van der Waals surface area contributed by atoms with E-state index in [-0.39, 0.29) is 12.1 Å². The van der Waals surface area contributed by atoms with Crippen LogP contribution in [0.5, 0.6) is 0 Å². The van der Waals surface area contributed by atoms with E-state index in [1.165, 1.54) is 11.1 Å². The Morgan fingerprint density at radius 2 is 2.00 bits per heavy atom. The van der Waals surface area contributed by atoms with Crippen molar-refractivity contribution >= 4 is 5.82 Å². The number of hydrogen-bond donors (Lipinski definition) is 1. The third-order valence-electron chi connectivity index (χ3n) is 4.45. The number of rotatable bonds is 6. The predicted octanol–water partition coefficient (Wildman–Crippen LogP) is 3.72. The van der Waals surface area contributed by atoms with Crippen LogP contribution in [0, 0.1) is 0 Å². The molecule has 0 amide bonds. The molecule has 122 valence electrons. The molecule has 0 saturated carbocycles. The Morgan fingerprint density at radius 3 is 2.74 bits per heavy atom. The molecule has 0 radical (unpaired) electrons. The molecule has 4 nitrogen and oxygen atoms in total. The minimum atomic E-state index is 0.137. The van der Waals surface area contributed by atoms with Gasteiger partial charge in [0.1, 0.15) is 5.82 Å². The van der Waals surface area contributed by atoms with Crippen molar-refractivity contribution < 1.29 is 4.74 Å². The minimum absolute atomic E-state index is 0.137. The number of aryl methyl sites for hydroxylation is 2. The fraction of sp³-hybridized carbons (Fsp3) is 0.474. The Balaban J connectivity index is 1.93. The second-order valence-electron chi connectivity index (χ2n) is 5.88. The van der Waals surface area contributed by atoms with Crippen LogP contribution in [0.25, 0.3) is 0 Å². The maximum absolute atomic E-state index is 5.99. The van der Waals surface area contributed by atoms with Crippen molar-refractivity contribution in [2.24, 2.45) is 0 Å². The van der Waals surface area contributed by atoms with Crippen LogP contribution >= 0.6 is 0 Å². The number of aromatic nitrogens is 2. The molecule has 1 heterocycles. The number of fused-ring (bicyclic) bond motifs is 1. The van der Waals surface area contributed by atoms with Gasteiger partial charge in [-0.25, -0.2) is 4.98 Å². The van der Waals surface area contributed by atoms with Gasteiger partial charge in [-0.1, -0.05) is 38.1 Å². The third-order valence-corrected chi connectivity index (χ3v) is 4.45. The van der Waals surface area contributed by atoms with Gasteiger partial charge in [0.15, 0.2) is 0 Å². The average molecular weight is 311 g/mol. The molecule has 1 N–H and O–H groups in total. The topological polar surface area (TPSA) is 47.0 Å². The summed E-state index contributed by atoms with van der Waals surface area (Å²) < 4.78 is 5.99. The quantitative estimate of drug-likeness (QED) is 0.883. The number of nitrogens with one attached hydrogen (secondary N) is 1. The molecule has 2 aromatic rings. The number of hydrogen-bond acceptors (Lipinski definition) is 4. The van der Waals surface area contributed by atoms with E-state index >= 15 is 0 Å². The lowest BCUT2D eigenvalue weighted by Gasteiger charge is -2.23. The SMILES string of the molecule is CCO[C@H]1Cc2ccccc2[C@H]1Nc1nc(CC)cnc1CC. The Hall–Kier alpha value is -1.94. The van der Waals surface area contributed by atoms with E-state index in [0.29, 0.717) is 0 Å². The first-order valence-corrected chi connectivity index (χ1v) is 8.57. The first-order valence-electron chi connectivity index (χ1n) is 8.57. The molecule has 23 heavy (non-hydrogen) atoms. The lowest BCUT2D eigenvalue weighted by atomic mass is 10.1. The van der Waals surface area contributed by atoms with Crippen LogP contribution in [-0.4, -0.2) is 22.7 Å². The Labute approximate surface area is 138 Å². The molecule has 1 aromatic heterocycles. The Morgan fingerprint density at radius 1 is 1.17 bits per heavy atom. The van der Waals surface area contributed by atoms with Crippen LogP contribution in [-0.2, 0) is 24.0 Å². The van der Waals surface area contributed by atoms with Crippen LogP contribution in [0.4, 0.5) is 5.82 Å². The van der Waals surface area contributed by atoms with Gasteiger partial charge in [0.05, 0.1) is 23.5 Å². The van der Waals surface area contributed by atoms with Crippen LogP contribution < -0.4 is 5.32 Å². The first kappa shape index (κ1) is 15.9. The van der Waals surface area contributed by atoms with Crippen molar-refractivity contribution in [3.63, 3.8) is 0 Å². The molecule has 3 rings (SSSR count). The molecule has 4 heteroatoms. The summed E-state index contributed by atoms with van der Waals surface area (Å²) in [5.74, 6) is 0.901. The standard InChI is InChI=1S/C19H25N3O/c1-4-14-12-20-16(5-2)19(21-14)22-18-15-10-8-7-9-13(15)11-17(18)23-6-3/h7-10,12,17-18H,4-6,11H2,1-3H3,(H,21,22)/t17-,18+/m0/s1. The monoisotopic (exact) mass is 311 g/mol. The lowest BCUT2D eigenvalue weighted by Crippen LogP contribution is -2.26. The van der Waals surface area contributed by atoms with Crippen LogP contribution in [0.2, 0.25) is 0 Å². The number of anilines is 1. The number of benzene rings is 1. The van der Waals surface area contributed by atoms with Crippen molar-refractivity contribution in [1.82, 2.24) is 9.97 Å². The van der Waals surface area contributed by atoms with Gasteiger partial charge in [0.2, 0.25) is 0 Å². The van der Waals surface area contributed by atoms with E-state index in [1.807, 2.05) is 6.20 Å². The van der Waals surface area contributed by atoms with Crippen molar-refractivity contribution in [3.8, 4) is 0 Å². The Kier molecular flexibility index (Phi) is 4.91. The highest BCUT2D eigenvalue weighted by molar-refractivity contribution is 5.48. The third kappa shape index (κ3) is 3.22. The zero-order chi connectivity index (χ0) is 16.2. The molecule has 0 unspecified atom stereocenters. The summed E-state index contributed by atoms with van der Waals surface area (Å²) in [5, 5.41) is 3.63. The fourth-order valence-corrected chi connectivity index (χ4v) is 3.24. The smallest absolute Gasteiger partial charge is 0.148 e. The van der Waals surface area contributed by atoms with E-state index in [9.17, 15) is 0 Å². The Bertz CT molecular complexity index is 671. The van der Waals surface area contributed by atoms with Gasteiger partial charge in [-0.15, -0.1) is 0 Å². The fourth-order valence-electron chi connectivity index (χ4n) is 3.24. The normalized spacial score (nSPS) is 19.6. The summed E-state index contributed by atoms with van der Waals surface area (Å²) in [6.45, 7) is 6.99. The van der Waals surface area contributed by atoms with Gasteiger partial charge in [-0.2, -0.15) is 0 Å². The van der Waals surface area contributed by atoms with Crippen molar-refractivity contribution in [2.75, 3.05) is 11.9 Å². The van der Waals surface area contributed by atoms with E-state index in [0.717, 1.165) is 43.1 Å². The van der Waals surface area contributed by atoms with Crippen molar-refractivity contribution in [1.29, 1.82) is 0 Å². The van der Waals surface area contributed by atoms with Gasteiger partial charge in [-0.3, -0.25) is 4.98 Å². The molecule has 0 fully saturated rings. The molecule has 0 spiro atoms. The lowest BCUT2D eigenvalue weighted by molar-refractivity contribution is 0.0573. The zero-order valence-electron chi connectivity index (χ0n) is 14.2. The molecule has 1 aromatic carbocycles.